The number of carbonyl (C=O) groups is 1. The second kappa shape index (κ2) is 30.9. The SMILES string of the molecule is C=C=CC.CC=O.CCCCCCCCN(CCO)CCCCOC. The van der Waals surface area contributed by atoms with Crippen LogP contribution in [-0.4, -0.2) is 56.3 Å². The second-order valence-corrected chi connectivity index (χ2v) is 5.76. The molecule has 25 heavy (non-hydrogen) atoms. The largest absolute Gasteiger partial charge is 0.395 e. The summed E-state index contributed by atoms with van der Waals surface area (Å²) in [5, 5.41) is 9.05. The van der Waals surface area contributed by atoms with Gasteiger partial charge in [-0.05, 0) is 52.3 Å². The Morgan fingerprint density at radius 3 is 1.92 bits per heavy atom. The van der Waals surface area contributed by atoms with Crippen molar-refractivity contribution in [2.45, 2.75) is 72.1 Å². The molecule has 0 saturated carbocycles. The number of methoxy groups -OCH3 is 1. The topological polar surface area (TPSA) is 49.8 Å². The third-order valence-corrected chi connectivity index (χ3v) is 3.52. The van der Waals surface area contributed by atoms with Crippen LogP contribution in [0.1, 0.15) is 72.1 Å². The van der Waals surface area contributed by atoms with Gasteiger partial charge in [-0.1, -0.05) is 45.6 Å². The van der Waals surface area contributed by atoms with Crippen LogP contribution in [-0.2, 0) is 9.53 Å². The number of aldehydes is 1. The zero-order valence-electron chi connectivity index (χ0n) is 17.3. The molecule has 150 valence electrons. The standard InChI is InChI=1S/C15H33NO2.C4H6.C2H4O/c1-3-4-5-6-7-8-11-16(13-14-17)12-9-10-15-18-2;1-3-4-2;1-2-3/h17H,3-15H2,1-2H3;4H,1H2,2H3;2H,1H3. The highest BCUT2D eigenvalue weighted by Gasteiger charge is 2.03. The molecule has 0 bridgehead atoms. The van der Waals surface area contributed by atoms with E-state index in [-0.39, 0.29) is 6.61 Å². The number of hydrogen-bond donors (Lipinski definition) is 1. The minimum absolute atomic E-state index is 0.278. The summed E-state index contributed by atoms with van der Waals surface area (Å²) < 4.78 is 5.05. The lowest BCUT2D eigenvalue weighted by atomic mass is 10.1. The Kier molecular flexibility index (Phi) is 35.7. The summed E-state index contributed by atoms with van der Waals surface area (Å²) in [6.45, 7) is 13.1. The Labute approximate surface area is 156 Å². The summed E-state index contributed by atoms with van der Waals surface area (Å²) >= 11 is 0. The van der Waals surface area contributed by atoms with Gasteiger partial charge in [-0.3, -0.25) is 0 Å². The number of aliphatic hydroxyl groups excluding tert-OH is 1. The van der Waals surface area contributed by atoms with Crippen LogP contribution < -0.4 is 0 Å². The van der Waals surface area contributed by atoms with Gasteiger partial charge >= 0.3 is 0 Å². The molecule has 0 aliphatic heterocycles. The third-order valence-electron chi connectivity index (χ3n) is 3.52. The average Bonchev–Trinajstić information content (AvgIpc) is 2.62. The van der Waals surface area contributed by atoms with Gasteiger partial charge in [0.1, 0.15) is 6.29 Å². The molecule has 0 radical (unpaired) electrons. The lowest BCUT2D eigenvalue weighted by Crippen LogP contribution is -2.29. The summed E-state index contributed by atoms with van der Waals surface area (Å²) in [6.07, 6.45) is 12.8. The number of nitrogens with zero attached hydrogens (tertiary/aromatic N) is 1. The fourth-order valence-corrected chi connectivity index (χ4v) is 2.17. The van der Waals surface area contributed by atoms with E-state index in [4.69, 9.17) is 14.6 Å². The first-order chi connectivity index (χ1) is 12.2. The molecule has 0 fully saturated rings. The quantitative estimate of drug-likeness (QED) is 0.280. The van der Waals surface area contributed by atoms with E-state index < -0.39 is 0 Å². The number of unbranched alkanes of at least 4 members (excludes halogenated alkanes) is 6. The van der Waals surface area contributed by atoms with Crippen LogP contribution in [0.3, 0.4) is 0 Å². The van der Waals surface area contributed by atoms with E-state index in [0.29, 0.717) is 0 Å². The molecule has 4 heteroatoms. The van der Waals surface area contributed by atoms with Gasteiger partial charge in [0.05, 0.1) is 6.61 Å². The van der Waals surface area contributed by atoms with Crippen LogP contribution in [0.5, 0.6) is 0 Å². The molecule has 0 saturated heterocycles. The third kappa shape index (κ3) is 35.1. The van der Waals surface area contributed by atoms with Crippen molar-refractivity contribution in [2.75, 3.05) is 40.0 Å². The maximum atomic E-state index is 9.05. The minimum atomic E-state index is 0.278. The number of ether oxygens (including phenoxy) is 1. The molecule has 0 aromatic heterocycles. The van der Waals surface area contributed by atoms with E-state index in [0.717, 1.165) is 38.9 Å². The number of rotatable bonds is 14. The zero-order valence-corrected chi connectivity index (χ0v) is 17.3. The van der Waals surface area contributed by atoms with Crippen LogP contribution in [0.4, 0.5) is 0 Å². The molecule has 0 spiro atoms. The summed E-state index contributed by atoms with van der Waals surface area (Å²) in [6, 6.07) is 0. The average molecular weight is 358 g/mol. The van der Waals surface area contributed by atoms with Crippen molar-refractivity contribution in [3.05, 3.63) is 18.4 Å². The molecule has 0 aromatic carbocycles. The highest BCUT2D eigenvalue weighted by atomic mass is 16.5. The molecule has 0 aromatic rings. The molecule has 0 aliphatic carbocycles. The predicted molar refractivity (Wildman–Crippen MR) is 109 cm³/mol. The Hall–Kier alpha value is -0.930. The Morgan fingerprint density at radius 2 is 1.48 bits per heavy atom. The number of carbonyl (C=O) groups excluding carboxylic acids is 1. The van der Waals surface area contributed by atoms with Crippen molar-refractivity contribution in [1.29, 1.82) is 0 Å². The van der Waals surface area contributed by atoms with E-state index in [1.165, 1.54) is 51.9 Å². The second-order valence-electron chi connectivity index (χ2n) is 5.76. The van der Waals surface area contributed by atoms with Crippen LogP contribution in [0.2, 0.25) is 0 Å². The lowest BCUT2D eigenvalue weighted by molar-refractivity contribution is -0.106. The molecule has 0 atom stereocenters. The molecular weight excluding hydrogens is 314 g/mol. The van der Waals surface area contributed by atoms with Crippen molar-refractivity contribution < 1.29 is 14.6 Å². The maximum absolute atomic E-state index is 9.05. The van der Waals surface area contributed by atoms with Crippen molar-refractivity contribution in [2.24, 2.45) is 0 Å². The van der Waals surface area contributed by atoms with E-state index in [1.54, 1.807) is 13.2 Å². The first kappa shape index (κ1) is 28.9. The van der Waals surface area contributed by atoms with Gasteiger partial charge in [0.2, 0.25) is 0 Å². The van der Waals surface area contributed by atoms with E-state index in [9.17, 15) is 0 Å². The predicted octanol–water partition coefficient (Wildman–Crippen LogP) is 4.62. The molecule has 1 N–H and O–H groups in total. The molecular formula is C21H43NO3. The Morgan fingerprint density at radius 1 is 1.00 bits per heavy atom. The van der Waals surface area contributed by atoms with Gasteiger partial charge in [-0.25, -0.2) is 0 Å². The highest BCUT2D eigenvalue weighted by molar-refractivity contribution is 5.44. The van der Waals surface area contributed by atoms with Crippen molar-refractivity contribution in [3.8, 4) is 0 Å². The van der Waals surface area contributed by atoms with E-state index >= 15 is 0 Å². The highest BCUT2D eigenvalue weighted by Crippen LogP contribution is 2.06. The van der Waals surface area contributed by atoms with Crippen molar-refractivity contribution in [3.63, 3.8) is 0 Å². The molecule has 0 aliphatic rings. The van der Waals surface area contributed by atoms with Gasteiger partial charge in [0.25, 0.3) is 0 Å². The van der Waals surface area contributed by atoms with Gasteiger partial charge in [-0.2, -0.15) is 0 Å². The normalized spacial score (nSPS) is 9.36. The van der Waals surface area contributed by atoms with Gasteiger partial charge in [0, 0.05) is 20.3 Å². The first-order valence-electron chi connectivity index (χ1n) is 9.70. The van der Waals surface area contributed by atoms with E-state index in [1.807, 2.05) is 6.92 Å². The van der Waals surface area contributed by atoms with E-state index in [2.05, 4.69) is 24.1 Å². The monoisotopic (exact) mass is 357 g/mol. The van der Waals surface area contributed by atoms with Crippen LogP contribution in [0.25, 0.3) is 0 Å². The van der Waals surface area contributed by atoms with Gasteiger partial charge in [0.15, 0.2) is 0 Å². The summed E-state index contributed by atoms with van der Waals surface area (Å²) in [5.41, 5.74) is 2.56. The summed E-state index contributed by atoms with van der Waals surface area (Å²) in [4.78, 5) is 11.2. The molecule has 0 heterocycles. The van der Waals surface area contributed by atoms with Crippen LogP contribution in [0, 0.1) is 0 Å². The molecule has 0 unspecified atom stereocenters. The molecule has 4 nitrogen and oxygen atoms in total. The summed E-state index contributed by atoms with van der Waals surface area (Å²) in [5.74, 6) is 0. The Balaban J connectivity index is -0.000000586. The van der Waals surface area contributed by atoms with Crippen LogP contribution >= 0.6 is 0 Å². The smallest absolute Gasteiger partial charge is 0.116 e. The molecule has 0 amide bonds. The van der Waals surface area contributed by atoms with Gasteiger partial charge < -0.3 is 19.5 Å². The maximum Gasteiger partial charge on any atom is 0.116 e. The zero-order chi connectivity index (χ0) is 19.6. The van der Waals surface area contributed by atoms with Crippen LogP contribution in [0.15, 0.2) is 18.4 Å². The van der Waals surface area contributed by atoms with Crippen molar-refractivity contribution >= 4 is 6.29 Å². The van der Waals surface area contributed by atoms with Gasteiger partial charge in [-0.15, -0.1) is 5.73 Å². The number of hydrogen-bond acceptors (Lipinski definition) is 4. The fourth-order valence-electron chi connectivity index (χ4n) is 2.17. The fraction of sp³-hybridized carbons (Fsp3) is 0.810. The minimum Gasteiger partial charge on any atom is -0.395 e. The number of aliphatic hydroxyl groups is 1. The summed E-state index contributed by atoms with van der Waals surface area (Å²) in [7, 11) is 1.75. The molecule has 0 rings (SSSR count). The van der Waals surface area contributed by atoms with Crippen molar-refractivity contribution in [1.82, 2.24) is 4.90 Å². The number of allylic oxidation sites excluding steroid dienone is 1. The lowest BCUT2D eigenvalue weighted by Gasteiger charge is -2.21. The Bertz CT molecular complexity index is 276. The first-order valence-corrected chi connectivity index (χ1v) is 9.70.